The minimum Gasteiger partial charge on any atom is -0.440 e. The van der Waals surface area contributed by atoms with Crippen LogP contribution in [0.4, 0.5) is 5.69 Å². The number of nitrogens with zero attached hydrogens (tertiary/aromatic N) is 1. The van der Waals surface area contributed by atoms with E-state index in [1.54, 1.807) is 12.1 Å². The van der Waals surface area contributed by atoms with Crippen molar-refractivity contribution in [2.45, 2.75) is 20.3 Å². The first-order valence-electron chi connectivity index (χ1n) is 9.71. The number of aryl methyl sites for hydroxylation is 2. The van der Waals surface area contributed by atoms with Gasteiger partial charge in [-0.25, -0.2) is 4.98 Å². The summed E-state index contributed by atoms with van der Waals surface area (Å²) in [5, 5.41) is 5.96. The Balaban J connectivity index is 1.38. The summed E-state index contributed by atoms with van der Waals surface area (Å²) in [5.41, 5.74) is 6.37. The number of hydrogen-bond acceptors (Lipinski definition) is 4. The predicted octanol–water partition coefficient (Wildman–Crippen LogP) is 5.92. The van der Waals surface area contributed by atoms with Gasteiger partial charge in [0.1, 0.15) is 5.52 Å². The zero-order valence-electron chi connectivity index (χ0n) is 17.0. The van der Waals surface area contributed by atoms with Gasteiger partial charge in [0.2, 0.25) is 0 Å². The lowest BCUT2D eigenvalue weighted by atomic mass is 10.1. The zero-order valence-corrected chi connectivity index (χ0v) is 19.4. The van der Waals surface area contributed by atoms with Gasteiger partial charge in [0, 0.05) is 22.1 Å². The van der Waals surface area contributed by atoms with Crippen molar-refractivity contribution in [2.24, 2.45) is 0 Å². The summed E-state index contributed by atoms with van der Waals surface area (Å²) in [6, 6.07) is 19.0. The van der Waals surface area contributed by atoms with Crippen molar-refractivity contribution in [3.05, 3.63) is 93.3 Å². The molecule has 0 radical (unpaired) electrons. The number of hydrogen-bond donors (Lipinski definition) is 2. The lowest BCUT2D eigenvalue weighted by Crippen LogP contribution is -2.34. The molecule has 0 aliphatic heterocycles. The van der Waals surface area contributed by atoms with E-state index < -0.39 is 0 Å². The van der Waals surface area contributed by atoms with E-state index in [0.717, 1.165) is 32.4 Å². The van der Waals surface area contributed by atoms with Gasteiger partial charge in [0.05, 0.1) is 0 Å². The van der Waals surface area contributed by atoms with Gasteiger partial charge in [-0.2, -0.15) is 0 Å². The highest BCUT2D eigenvalue weighted by atomic mass is 79.9. The molecule has 0 unspecified atom stereocenters. The van der Waals surface area contributed by atoms with E-state index in [2.05, 4.69) is 44.5 Å². The largest absolute Gasteiger partial charge is 0.440 e. The molecule has 31 heavy (non-hydrogen) atoms. The fourth-order valence-electron chi connectivity index (χ4n) is 3.32. The normalized spacial score (nSPS) is 10.8. The van der Waals surface area contributed by atoms with Crippen LogP contribution in [0.5, 0.6) is 0 Å². The second kappa shape index (κ2) is 8.99. The van der Waals surface area contributed by atoms with Gasteiger partial charge in [-0.15, -0.1) is 0 Å². The smallest absolute Gasteiger partial charge is 0.257 e. The summed E-state index contributed by atoms with van der Waals surface area (Å²) < 4.78 is 6.86. The third-order valence-electron chi connectivity index (χ3n) is 4.77. The van der Waals surface area contributed by atoms with E-state index in [0.29, 0.717) is 17.9 Å². The van der Waals surface area contributed by atoms with E-state index in [1.165, 1.54) is 5.56 Å². The van der Waals surface area contributed by atoms with Gasteiger partial charge in [-0.05, 0) is 85.2 Å². The molecule has 0 saturated heterocycles. The zero-order chi connectivity index (χ0) is 22.0. The summed E-state index contributed by atoms with van der Waals surface area (Å²) >= 11 is 8.61. The Hall–Kier alpha value is -3.03. The van der Waals surface area contributed by atoms with Crippen molar-refractivity contribution >= 4 is 56.0 Å². The van der Waals surface area contributed by atoms with Gasteiger partial charge in [0.25, 0.3) is 5.91 Å². The van der Waals surface area contributed by atoms with E-state index in [-0.39, 0.29) is 11.0 Å². The van der Waals surface area contributed by atoms with E-state index in [9.17, 15) is 4.79 Å². The van der Waals surface area contributed by atoms with Crippen LogP contribution in [-0.4, -0.2) is 16.0 Å². The molecule has 0 spiro atoms. The molecule has 2 N–H and O–H groups in total. The fourth-order valence-corrected chi connectivity index (χ4v) is 3.79. The number of halogens is 1. The maximum absolute atomic E-state index is 12.3. The molecule has 1 heterocycles. The molecular formula is C24H20BrN3O2S. The average Bonchev–Trinajstić information content (AvgIpc) is 3.12. The maximum atomic E-state index is 12.3. The standard InChI is InChI=1S/C24H20BrN3O2S/c1-14-11-15(2)22-20(12-14)27-21(30-22)13-16-3-9-19(10-4-16)26-24(31)28-23(29)17-5-7-18(25)8-6-17/h3-12H,13H2,1-2H3,(H2,26,28,29,31). The number of carbonyl (C=O) groups excluding carboxylic acids is 1. The second-order valence-corrected chi connectivity index (χ2v) is 8.65. The van der Waals surface area contributed by atoms with Crippen LogP contribution >= 0.6 is 28.1 Å². The van der Waals surface area contributed by atoms with Gasteiger partial charge in [0.15, 0.2) is 16.6 Å². The summed E-state index contributed by atoms with van der Waals surface area (Å²) in [6.45, 7) is 4.08. The topological polar surface area (TPSA) is 67.2 Å². The van der Waals surface area contributed by atoms with Crippen molar-refractivity contribution in [2.75, 3.05) is 5.32 Å². The van der Waals surface area contributed by atoms with Crippen molar-refractivity contribution in [1.29, 1.82) is 0 Å². The van der Waals surface area contributed by atoms with Crippen molar-refractivity contribution in [1.82, 2.24) is 10.3 Å². The predicted molar refractivity (Wildman–Crippen MR) is 131 cm³/mol. The monoisotopic (exact) mass is 493 g/mol. The minimum atomic E-state index is -0.261. The maximum Gasteiger partial charge on any atom is 0.257 e. The highest BCUT2D eigenvalue weighted by molar-refractivity contribution is 9.10. The number of benzene rings is 3. The fraction of sp³-hybridized carbons (Fsp3) is 0.125. The third-order valence-corrected chi connectivity index (χ3v) is 5.50. The van der Waals surface area contributed by atoms with Gasteiger partial charge in [-0.1, -0.05) is 34.1 Å². The lowest BCUT2D eigenvalue weighted by Gasteiger charge is -2.10. The molecule has 0 aliphatic carbocycles. The third kappa shape index (κ3) is 5.18. The van der Waals surface area contributed by atoms with Crippen LogP contribution in [0.25, 0.3) is 11.1 Å². The Kier molecular flexibility index (Phi) is 6.15. The molecule has 3 aromatic carbocycles. The number of rotatable bonds is 4. The Labute approximate surface area is 194 Å². The van der Waals surface area contributed by atoms with E-state index in [4.69, 9.17) is 16.6 Å². The first kappa shape index (κ1) is 21.2. The van der Waals surface area contributed by atoms with Gasteiger partial charge < -0.3 is 9.73 Å². The minimum absolute atomic E-state index is 0.241. The Morgan fingerprint density at radius 2 is 1.77 bits per heavy atom. The summed E-state index contributed by atoms with van der Waals surface area (Å²) in [4.78, 5) is 16.9. The summed E-state index contributed by atoms with van der Waals surface area (Å²) in [6.07, 6.45) is 0.595. The number of oxazole rings is 1. The molecule has 0 atom stereocenters. The van der Waals surface area contributed by atoms with Crippen LogP contribution in [0.3, 0.4) is 0 Å². The lowest BCUT2D eigenvalue weighted by molar-refractivity contribution is 0.0977. The summed E-state index contributed by atoms with van der Waals surface area (Å²) in [7, 11) is 0. The number of carbonyl (C=O) groups is 1. The molecule has 5 nitrogen and oxygen atoms in total. The molecule has 0 fully saturated rings. The van der Waals surface area contributed by atoms with Gasteiger partial charge in [-0.3, -0.25) is 10.1 Å². The molecule has 1 aromatic heterocycles. The molecule has 1 amide bonds. The molecule has 4 rings (SSSR count). The molecule has 0 bridgehead atoms. The van der Waals surface area contributed by atoms with Crippen LogP contribution in [0, 0.1) is 13.8 Å². The van der Waals surface area contributed by atoms with Crippen molar-refractivity contribution in [3.63, 3.8) is 0 Å². The molecular weight excluding hydrogens is 474 g/mol. The highest BCUT2D eigenvalue weighted by Crippen LogP contribution is 2.23. The molecule has 4 aromatic rings. The Morgan fingerprint density at radius 1 is 1.06 bits per heavy atom. The van der Waals surface area contributed by atoms with E-state index >= 15 is 0 Å². The number of amides is 1. The SMILES string of the molecule is Cc1cc(C)c2oc(Cc3ccc(NC(=S)NC(=O)c4ccc(Br)cc4)cc3)nc2c1. The average molecular weight is 494 g/mol. The van der Waals surface area contributed by atoms with Crippen LogP contribution < -0.4 is 10.6 Å². The van der Waals surface area contributed by atoms with Crippen molar-refractivity contribution < 1.29 is 9.21 Å². The summed E-state index contributed by atoms with van der Waals surface area (Å²) in [5.74, 6) is 0.421. The first-order chi connectivity index (χ1) is 14.9. The first-order valence-corrected chi connectivity index (χ1v) is 10.9. The molecule has 0 aliphatic rings. The number of nitrogens with one attached hydrogen (secondary N) is 2. The highest BCUT2D eigenvalue weighted by Gasteiger charge is 2.11. The van der Waals surface area contributed by atoms with Crippen LogP contribution in [0.2, 0.25) is 0 Å². The number of fused-ring (bicyclic) bond motifs is 1. The number of aromatic nitrogens is 1. The van der Waals surface area contributed by atoms with Crippen LogP contribution in [0.15, 0.2) is 69.6 Å². The van der Waals surface area contributed by atoms with Crippen LogP contribution in [0.1, 0.15) is 32.9 Å². The molecule has 0 saturated carbocycles. The molecule has 156 valence electrons. The Bertz CT molecular complexity index is 1260. The quantitative estimate of drug-likeness (QED) is 0.345. The second-order valence-electron chi connectivity index (χ2n) is 7.33. The number of anilines is 1. The van der Waals surface area contributed by atoms with Crippen LogP contribution in [-0.2, 0) is 6.42 Å². The molecule has 7 heteroatoms. The number of thiocarbonyl (C=S) groups is 1. The van der Waals surface area contributed by atoms with E-state index in [1.807, 2.05) is 49.4 Å². The Morgan fingerprint density at radius 3 is 2.48 bits per heavy atom. The van der Waals surface area contributed by atoms with Crippen molar-refractivity contribution in [3.8, 4) is 0 Å². The van der Waals surface area contributed by atoms with Gasteiger partial charge >= 0.3 is 0 Å².